The van der Waals surface area contributed by atoms with Crippen LogP contribution in [-0.4, -0.2) is 5.78 Å². The van der Waals surface area contributed by atoms with E-state index in [2.05, 4.69) is 0 Å². The molecule has 0 aliphatic rings. The van der Waals surface area contributed by atoms with Gasteiger partial charge in [-0.3, -0.25) is 4.79 Å². The molecule has 0 amide bonds. The molecule has 0 rings (SSSR count). The largest absolute Gasteiger partial charge is 0.294 e. The summed E-state index contributed by atoms with van der Waals surface area (Å²) in [5.41, 5.74) is 0. The van der Waals surface area contributed by atoms with Crippen molar-refractivity contribution in [1.82, 2.24) is 0 Å². The molecule has 0 atom stereocenters. The fraction of sp³-hybridized carbons (Fsp3) is 0.333. The Morgan fingerprint density at radius 1 is 1.78 bits per heavy atom. The number of thioether (sulfide) groups is 1. The molecule has 3 heteroatoms. The van der Waals surface area contributed by atoms with E-state index >= 15 is 0 Å². The van der Waals surface area contributed by atoms with Gasteiger partial charge in [0.1, 0.15) is 5.40 Å². The number of rotatable bonds is 2. The number of hydrogen-bond donors (Lipinski definition) is 0. The Hall–Kier alpha value is -0.750. The molecular weight excluding hydrogens is 134 g/mol. The Labute approximate surface area is 58.6 Å². The Morgan fingerprint density at radius 3 is 2.44 bits per heavy atom. The van der Waals surface area contributed by atoms with Crippen LogP contribution in [0.1, 0.15) is 13.8 Å². The molecule has 0 unspecified atom stereocenters. The van der Waals surface area contributed by atoms with E-state index in [1.54, 1.807) is 13.0 Å². The Morgan fingerprint density at radius 2 is 2.33 bits per heavy atom. The van der Waals surface area contributed by atoms with Crippen LogP contribution in [0.2, 0.25) is 0 Å². The molecule has 2 nitrogen and oxygen atoms in total. The van der Waals surface area contributed by atoms with Crippen LogP contribution in [-0.2, 0) is 4.79 Å². The lowest BCUT2D eigenvalue weighted by Crippen LogP contribution is -1.89. The summed E-state index contributed by atoms with van der Waals surface area (Å²) in [6, 6.07) is 0. The quantitative estimate of drug-likeness (QED) is 0.434. The number of nitriles is 1. The maximum atomic E-state index is 10.5. The van der Waals surface area contributed by atoms with Crippen molar-refractivity contribution in [3.05, 3.63) is 11.0 Å². The second-order valence-corrected chi connectivity index (χ2v) is 2.23. The van der Waals surface area contributed by atoms with E-state index in [1.165, 1.54) is 6.92 Å². The first-order valence-corrected chi connectivity index (χ1v) is 3.27. The van der Waals surface area contributed by atoms with Gasteiger partial charge in [-0.25, -0.2) is 0 Å². The molecule has 0 spiro atoms. The number of carbonyl (C=O) groups is 1. The lowest BCUT2D eigenvalue weighted by atomic mass is 10.4. The summed E-state index contributed by atoms with van der Waals surface area (Å²) in [6.45, 7) is 3.18. The summed E-state index contributed by atoms with van der Waals surface area (Å²) in [6.07, 6.45) is 1.64. The summed E-state index contributed by atoms with van der Waals surface area (Å²) in [7, 11) is 0. The SMILES string of the molecule is C/C=C(/SC#N)C(C)=O. The van der Waals surface area contributed by atoms with E-state index in [0.717, 1.165) is 11.8 Å². The Balaban J connectivity index is 4.06. The second-order valence-electron chi connectivity index (χ2n) is 1.40. The zero-order valence-corrected chi connectivity index (χ0v) is 6.16. The molecule has 0 saturated carbocycles. The monoisotopic (exact) mass is 141 g/mol. The van der Waals surface area contributed by atoms with Crippen LogP contribution in [0.3, 0.4) is 0 Å². The van der Waals surface area contributed by atoms with Crippen LogP contribution in [0.4, 0.5) is 0 Å². The zero-order chi connectivity index (χ0) is 7.28. The van der Waals surface area contributed by atoms with Gasteiger partial charge in [-0.05, 0) is 25.6 Å². The average Bonchev–Trinajstić information content (AvgIpc) is 1.82. The van der Waals surface area contributed by atoms with Crippen LogP contribution in [0.5, 0.6) is 0 Å². The molecule has 0 saturated heterocycles. The predicted molar refractivity (Wildman–Crippen MR) is 37.6 cm³/mol. The Bertz CT molecular complexity index is 178. The zero-order valence-electron chi connectivity index (χ0n) is 5.34. The van der Waals surface area contributed by atoms with Gasteiger partial charge < -0.3 is 0 Å². The average molecular weight is 141 g/mol. The van der Waals surface area contributed by atoms with Crippen molar-refractivity contribution in [2.45, 2.75) is 13.8 Å². The molecule has 0 fully saturated rings. The van der Waals surface area contributed by atoms with E-state index in [9.17, 15) is 4.79 Å². The van der Waals surface area contributed by atoms with Crippen molar-refractivity contribution >= 4 is 17.5 Å². The molecule has 48 valence electrons. The van der Waals surface area contributed by atoms with Gasteiger partial charge in [-0.2, -0.15) is 5.26 Å². The van der Waals surface area contributed by atoms with E-state index in [0.29, 0.717) is 4.91 Å². The molecule has 0 bridgehead atoms. The topological polar surface area (TPSA) is 40.9 Å². The molecule has 0 aromatic carbocycles. The third kappa shape index (κ3) is 2.94. The smallest absolute Gasteiger partial charge is 0.166 e. The molecule has 9 heavy (non-hydrogen) atoms. The molecule has 0 aromatic heterocycles. The number of Topliss-reactive ketones (excluding diaryl/α,β-unsaturated/α-hetero) is 1. The minimum absolute atomic E-state index is 0.0518. The fourth-order valence-electron chi connectivity index (χ4n) is 0.383. The number of nitrogens with zero attached hydrogens (tertiary/aromatic N) is 1. The number of ketones is 1. The fourth-order valence-corrected chi connectivity index (χ4v) is 0.743. The van der Waals surface area contributed by atoms with Crippen molar-refractivity contribution in [2.24, 2.45) is 0 Å². The molecule has 0 aliphatic carbocycles. The molecule has 0 aromatic rings. The lowest BCUT2D eigenvalue weighted by molar-refractivity contribution is -0.112. The van der Waals surface area contributed by atoms with E-state index in [1.807, 2.05) is 5.40 Å². The lowest BCUT2D eigenvalue weighted by Gasteiger charge is -1.89. The molecular formula is C6H7NOS. The van der Waals surface area contributed by atoms with E-state index < -0.39 is 0 Å². The summed E-state index contributed by atoms with van der Waals surface area (Å²) in [5.74, 6) is -0.0518. The van der Waals surface area contributed by atoms with Crippen LogP contribution < -0.4 is 0 Å². The second kappa shape index (κ2) is 4.16. The van der Waals surface area contributed by atoms with Gasteiger partial charge in [-0.1, -0.05) is 6.08 Å². The summed E-state index contributed by atoms with van der Waals surface area (Å²) in [4.78, 5) is 11.0. The first kappa shape index (κ1) is 8.25. The molecule has 0 radical (unpaired) electrons. The summed E-state index contributed by atoms with van der Waals surface area (Å²) in [5, 5.41) is 9.96. The minimum atomic E-state index is -0.0518. The number of carbonyl (C=O) groups excluding carboxylic acids is 1. The van der Waals surface area contributed by atoms with Gasteiger partial charge in [-0.15, -0.1) is 0 Å². The maximum absolute atomic E-state index is 10.5. The van der Waals surface area contributed by atoms with Gasteiger partial charge >= 0.3 is 0 Å². The van der Waals surface area contributed by atoms with Crippen LogP contribution >= 0.6 is 11.8 Å². The van der Waals surface area contributed by atoms with Crippen molar-refractivity contribution in [1.29, 1.82) is 5.26 Å². The Kier molecular flexibility index (Phi) is 3.81. The summed E-state index contributed by atoms with van der Waals surface area (Å²) < 4.78 is 0. The standard InChI is InChI=1S/C6H7NOS/c1-3-6(5(2)8)9-4-7/h3H,1-2H3/b6-3+. The predicted octanol–water partition coefficient (Wildman–Crippen LogP) is 1.69. The number of hydrogen-bond acceptors (Lipinski definition) is 3. The van der Waals surface area contributed by atoms with Crippen molar-refractivity contribution in [3.63, 3.8) is 0 Å². The highest BCUT2D eigenvalue weighted by molar-refractivity contribution is 8.08. The normalized spacial score (nSPS) is 10.6. The highest BCUT2D eigenvalue weighted by Gasteiger charge is 2.00. The first-order chi connectivity index (χ1) is 4.22. The first-order valence-electron chi connectivity index (χ1n) is 2.45. The highest BCUT2D eigenvalue weighted by atomic mass is 32.2. The van der Waals surface area contributed by atoms with Gasteiger partial charge in [0, 0.05) is 0 Å². The van der Waals surface area contributed by atoms with Crippen molar-refractivity contribution in [3.8, 4) is 5.40 Å². The molecule has 0 heterocycles. The maximum Gasteiger partial charge on any atom is 0.166 e. The third-order valence-corrected chi connectivity index (χ3v) is 1.60. The number of allylic oxidation sites excluding steroid dienone is 2. The van der Waals surface area contributed by atoms with Gasteiger partial charge in [0.25, 0.3) is 0 Å². The van der Waals surface area contributed by atoms with Gasteiger partial charge in [0.2, 0.25) is 0 Å². The van der Waals surface area contributed by atoms with Crippen LogP contribution in [0.25, 0.3) is 0 Å². The highest BCUT2D eigenvalue weighted by Crippen LogP contribution is 2.13. The molecule has 0 N–H and O–H groups in total. The van der Waals surface area contributed by atoms with Gasteiger partial charge in [0.05, 0.1) is 4.91 Å². The molecule has 0 aliphatic heterocycles. The summed E-state index contributed by atoms with van der Waals surface area (Å²) >= 11 is 0.902. The van der Waals surface area contributed by atoms with E-state index in [4.69, 9.17) is 5.26 Å². The minimum Gasteiger partial charge on any atom is -0.294 e. The van der Waals surface area contributed by atoms with Crippen molar-refractivity contribution in [2.75, 3.05) is 0 Å². The third-order valence-electron chi connectivity index (χ3n) is 0.765. The van der Waals surface area contributed by atoms with E-state index in [-0.39, 0.29) is 5.78 Å². The van der Waals surface area contributed by atoms with Crippen LogP contribution in [0, 0.1) is 10.7 Å². The van der Waals surface area contributed by atoms with Crippen molar-refractivity contribution < 1.29 is 4.79 Å². The number of thiocyanates is 1. The van der Waals surface area contributed by atoms with Gasteiger partial charge in [0.15, 0.2) is 5.78 Å². The van der Waals surface area contributed by atoms with Crippen LogP contribution in [0.15, 0.2) is 11.0 Å².